The number of aromatic nitrogens is 1. The summed E-state index contributed by atoms with van der Waals surface area (Å²) in [5, 5.41) is 0.542. The van der Waals surface area contributed by atoms with Crippen LogP contribution >= 0.6 is 11.6 Å². The molecule has 1 amide bonds. The van der Waals surface area contributed by atoms with Crippen molar-refractivity contribution in [2.75, 3.05) is 20.3 Å². The van der Waals surface area contributed by atoms with Crippen LogP contribution in [-0.2, 0) is 15.1 Å². The molecule has 1 aromatic carbocycles. The molecule has 2 unspecified atom stereocenters. The van der Waals surface area contributed by atoms with Crippen LogP contribution in [0.25, 0.3) is 11.1 Å². The van der Waals surface area contributed by atoms with Crippen LogP contribution in [0, 0.1) is 5.41 Å². The fourth-order valence-electron chi connectivity index (χ4n) is 5.14. The van der Waals surface area contributed by atoms with Crippen LogP contribution in [0.3, 0.4) is 0 Å². The largest absolute Gasteiger partial charge is 0.489 e. The SMILES string of the molecule is CC[C@@]12COCCC1Oc1ccc(-c3cncc(Cl)c3)cc1C21N=C(N)N(C)C1=O. The molecule has 1 aromatic heterocycles. The summed E-state index contributed by atoms with van der Waals surface area (Å²) in [7, 11) is 1.66. The number of hydrogen-bond acceptors (Lipinski definition) is 6. The van der Waals surface area contributed by atoms with Crippen LogP contribution in [0.15, 0.2) is 41.7 Å². The maximum absolute atomic E-state index is 13.8. The van der Waals surface area contributed by atoms with Gasteiger partial charge in [-0.2, -0.15) is 0 Å². The van der Waals surface area contributed by atoms with E-state index in [0.29, 0.717) is 42.4 Å². The Morgan fingerprint density at radius 3 is 2.83 bits per heavy atom. The second-order valence-corrected chi connectivity index (χ2v) is 8.54. The monoisotopic (exact) mass is 426 g/mol. The third-order valence-electron chi connectivity index (χ3n) is 6.77. The highest BCUT2D eigenvalue weighted by Gasteiger charge is 2.68. The van der Waals surface area contributed by atoms with Crippen LogP contribution in [0.2, 0.25) is 5.02 Å². The molecule has 1 spiro atoms. The van der Waals surface area contributed by atoms with Gasteiger partial charge in [-0.1, -0.05) is 24.6 Å². The van der Waals surface area contributed by atoms with Crippen molar-refractivity contribution in [2.45, 2.75) is 31.4 Å². The number of fused-ring (bicyclic) bond motifs is 4. The molecule has 2 N–H and O–H groups in total. The first-order valence-corrected chi connectivity index (χ1v) is 10.4. The quantitative estimate of drug-likeness (QED) is 0.797. The first-order valence-electron chi connectivity index (χ1n) is 10.1. The predicted molar refractivity (Wildman–Crippen MR) is 113 cm³/mol. The number of carbonyl (C=O) groups is 1. The number of guanidine groups is 1. The summed E-state index contributed by atoms with van der Waals surface area (Å²) in [6.07, 6.45) is 4.50. The van der Waals surface area contributed by atoms with Gasteiger partial charge in [-0.15, -0.1) is 0 Å². The fourth-order valence-corrected chi connectivity index (χ4v) is 5.31. The number of benzene rings is 1. The zero-order valence-corrected chi connectivity index (χ0v) is 17.6. The minimum Gasteiger partial charge on any atom is -0.489 e. The van der Waals surface area contributed by atoms with Crippen LogP contribution in [0.5, 0.6) is 5.75 Å². The lowest BCUT2D eigenvalue weighted by Crippen LogP contribution is -2.64. The Bertz CT molecular complexity index is 1070. The predicted octanol–water partition coefficient (Wildman–Crippen LogP) is 2.96. The highest BCUT2D eigenvalue weighted by atomic mass is 35.5. The lowest BCUT2D eigenvalue weighted by molar-refractivity contribution is -0.165. The van der Waals surface area contributed by atoms with Gasteiger partial charge in [0.1, 0.15) is 11.9 Å². The molecule has 1 fully saturated rings. The smallest absolute Gasteiger partial charge is 0.262 e. The number of likely N-dealkylation sites (N-methyl/N-ethyl adjacent to an activating group) is 1. The zero-order valence-electron chi connectivity index (χ0n) is 16.9. The van der Waals surface area contributed by atoms with Gasteiger partial charge < -0.3 is 15.2 Å². The summed E-state index contributed by atoms with van der Waals surface area (Å²) in [4.78, 5) is 24.2. The van der Waals surface area contributed by atoms with Gasteiger partial charge in [0.05, 0.1) is 23.7 Å². The van der Waals surface area contributed by atoms with Gasteiger partial charge in [0.15, 0.2) is 11.5 Å². The number of rotatable bonds is 2. The highest BCUT2D eigenvalue weighted by Crippen LogP contribution is 2.59. The Morgan fingerprint density at radius 2 is 2.13 bits per heavy atom. The van der Waals surface area contributed by atoms with Gasteiger partial charge in [0, 0.05) is 37.0 Å². The van der Waals surface area contributed by atoms with Gasteiger partial charge in [0.25, 0.3) is 5.91 Å². The van der Waals surface area contributed by atoms with Crippen LogP contribution in [-0.4, -0.2) is 48.1 Å². The van der Waals surface area contributed by atoms with E-state index < -0.39 is 11.0 Å². The van der Waals surface area contributed by atoms with E-state index in [2.05, 4.69) is 11.9 Å². The lowest BCUT2D eigenvalue weighted by atomic mass is 9.58. The van der Waals surface area contributed by atoms with Crippen molar-refractivity contribution in [1.82, 2.24) is 9.88 Å². The molecule has 0 saturated carbocycles. The van der Waals surface area contributed by atoms with Crippen molar-refractivity contribution in [3.8, 4) is 16.9 Å². The number of nitrogens with two attached hydrogens (primary N) is 1. The van der Waals surface area contributed by atoms with Crippen molar-refractivity contribution in [3.05, 3.63) is 47.2 Å². The maximum Gasteiger partial charge on any atom is 0.262 e. The van der Waals surface area contributed by atoms with E-state index in [1.54, 1.807) is 19.4 Å². The second kappa shape index (κ2) is 6.68. The minimum absolute atomic E-state index is 0.150. The van der Waals surface area contributed by atoms with Crippen molar-refractivity contribution >= 4 is 23.5 Å². The van der Waals surface area contributed by atoms with E-state index in [9.17, 15) is 4.79 Å². The molecular formula is C22H23ClN4O3. The lowest BCUT2D eigenvalue weighted by Gasteiger charge is -2.54. The van der Waals surface area contributed by atoms with E-state index in [-0.39, 0.29) is 18.0 Å². The molecule has 30 heavy (non-hydrogen) atoms. The number of carbonyl (C=O) groups excluding carboxylic acids is 1. The Balaban J connectivity index is 1.79. The summed E-state index contributed by atoms with van der Waals surface area (Å²) in [5.41, 5.74) is 6.78. The summed E-state index contributed by atoms with van der Waals surface area (Å²) < 4.78 is 12.3. The number of hydrogen-bond donors (Lipinski definition) is 1. The fraction of sp³-hybridized carbons (Fsp3) is 0.409. The molecule has 156 valence electrons. The van der Waals surface area contributed by atoms with Crippen LogP contribution in [0.1, 0.15) is 25.3 Å². The third kappa shape index (κ3) is 2.39. The molecular weight excluding hydrogens is 404 g/mol. The highest BCUT2D eigenvalue weighted by molar-refractivity contribution is 6.30. The summed E-state index contributed by atoms with van der Waals surface area (Å²) in [5.74, 6) is 0.716. The topological polar surface area (TPSA) is 90.0 Å². The van der Waals surface area contributed by atoms with Crippen molar-refractivity contribution in [2.24, 2.45) is 16.1 Å². The van der Waals surface area contributed by atoms with Gasteiger partial charge in [-0.05, 0) is 30.2 Å². The number of halogens is 1. The van der Waals surface area contributed by atoms with Crippen LogP contribution < -0.4 is 10.5 Å². The van der Waals surface area contributed by atoms with Crippen molar-refractivity contribution < 1.29 is 14.3 Å². The molecule has 3 aliphatic heterocycles. The first kappa shape index (κ1) is 19.3. The summed E-state index contributed by atoms with van der Waals surface area (Å²) in [6.45, 7) is 3.03. The van der Waals surface area contributed by atoms with Gasteiger partial charge >= 0.3 is 0 Å². The van der Waals surface area contributed by atoms with E-state index in [1.807, 2.05) is 24.3 Å². The minimum atomic E-state index is -1.19. The number of pyridine rings is 1. The van der Waals surface area contributed by atoms with Gasteiger partial charge in [-0.25, -0.2) is 4.99 Å². The average molecular weight is 427 g/mol. The number of amides is 1. The molecule has 4 heterocycles. The molecule has 2 aromatic rings. The molecule has 7 nitrogen and oxygen atoms in total. The summed E-state index contributed by atoms with van der Waals surface area (Å²) in [6, 6.07) is 7.65. The normalized spacial score (nSPS) is 30.0. The molecule has 1 saturated heterocycles. The van der Waals surface area contributed by atoms with Gasteiger partial charge in [0.2, 0.25) is 0 Å². The Kier molecular flexibility index (Phi) is 4.31. The Labute approximate surface area is 179 Å². The molecule has 8 heteroatoms. The zero-order chi connectivity index (χ0) is 21.1. The van der Waals surface area contributed by atoms with Gasteiger partial charge in [-0.3, -0.25) is 14.7 Å². The third-order valence-corrected chi connectivity index (χ3v) is 6.98. The Hall–Kier alpha value is -2.64. The molecule has 3 atom stereocenters. The number of aliphatic imine (C=N–C) groups is 1. The molecule has 0 aliphatic carbocycles. The molecule has 0 radical (unpaired) electrons. The maximum atomic E-state index is 13.8. The van der Waals surface area contributed by atoms with Crippen molar-refractivity contribution in [3.63, 3.8) is 0 Å². The Morgan fingerprint density at radius 1 is 1.30 bits per heavy atom. The number of ether oxygens (including phenoxy) is 2. The average Bonchev–Trinajstić information content (AvgIpc) is 2.99. The molecule has 0 bridgehead atoms. The van der Waals surface area contributed by atoms with E-state index in [1.165, 1.54) is 4.90 Å². The van der Waals surface area contributed by atoms with Crippen LogP contribution in [0.4, 0.5) is 0 Å². The van der Waals surface area contributed by atoms with Crippen molar-refractivity contribution in [1.29, 1.82) is 0 Å². The van der Waals surface area contributed by atoms with E-state index in [4.69, 9.17) is 31.8 Å². The van der Waals surface area contributed by atoms with E-state index in [0.717, 1.165) is 11.1 Å². The molecule has 3 aliphatic rings. The number of nitrogens with zero attached hydrogens (tertiary/aromatic N) is 3. The second-order valence-electron chi connectivity index (χ2n) is 8.10. The summed E-state index contributed by atoms with van der Waals surface area (Å²) >= 11 is 6.15. The molecule has 5 rings (SSSR count). The first-order chi connectivity index (χ1) is 14.4. The van der Waals surface area contributed by atoms with E-state index >= 15 is 0 Å². The standard InChI is InChI=1S/C22H23ClN4O3/c1-3-21-12-29-7-6-18(21)30-17-5-4-13(14-8-15(23)11-25-10-14)9-16(17)22(21)19(28)27(2)20(24)26-22/h4-5,8-11,18H,3,6-7,12H2,1-2H3,(H2,24,26)/t18?,21-,22?/m1/s1.